The maximum atomic E-state index is 12.6. The largest absolute Gasteiger partial charge is 0.325 e. The highest BCUT2D eigenvalue weighted by Crippen LogP contribution is 2.30. The third-order valence-electron chi connectivity index (χ3n) is 4.54. The number of amides is 1. The monoisotopic (exact) mass is 387 g/mol. The molecular weight excluding hydrogens is 366 g/mol. The van der Waals surface area contributed by atoms with Gasteiger partial charge in [-0.3, -0.25) is 9.59 Å². The van der Waals surface area contributed by atoms with Crippen molar-refractivity contribution in [2.24, 2.45) is 0 Å². The number of benzene rings is 2. The first kappa shape index (κ1) is 18.6. The predicted molar refractivity (Wildman–Crippen MR) is 114 cm³/mol. The quantitative estimate of drug-likeness (QED) is 0.552. The molecule has 0 unspecified atom stereocenters. The van der Waals surface area contributed by atoms with Crippen LogP contribution in [-0.2, 0) is 4.79 Å². The standard InChI is InChI=1S/C22H21N5O2/c1-26(2)13-19(28)25-16-8-6-7-15(11-16)18-12-27(17-9-4-3-5-10-17)21-20(18)22(29)24-14-23-21/h3-12,14H,13H2,1-2H3,(H,25,28)(H,23,24,29). The number of nitrogens with one attached hydrogen (secondary N) is 2. The Kier molecular flexibility index (Phi) is 4.97. The summed E-state index contributed by atoms with van der Waals surface area (Å²) in [4.78, 5) is 33.6. The topological polar surface area (TPSA) is 83.0 Å². The van der Waals surface area contributed by atoms with E-state index in [0.29, 0.717) is 23.3 Å². The number of H-pyrrole nitrogens is 1. The van der Waals surface area contributed by atoms with E-state index in [1.165, 1.54) is 6.33 Å². The molecule has 0 atom stereocenters. The Labute approximate surface area is 167 Å². The first-order valence-electron chi connectivity index (χ1n) is 9.22. The molecule has 0 aliphatic rings. The lowest BCUT2D eigenvalue weighted by atomic mass is 10.1. The van der Waals surface area contributed by atoms with Gasteiger partial charge in [0.2, 0.25) is 5.91 Å². The molecule has 146 valence electrons. The third kappa shape index (κ3) is 3.81. The Morgan fingerprint density at radius 3 is 2.69 bits per heavy atom. The minimum atomic E-state index is -0.207. The Balaban J connectivity index is 1.82. The van der Waals surface area contributed by atoms with Crippen molar-refractivity contribution in [1.29, 1.82) is 0 Å². The molecule has 0 aliphatic carbocycles. The number of hydrogen-bond donors (Lipinski definition) is 2. The SMILES string of the molecule is CN(C)CC(=O)Nc1cccc(-c2cn(-c3ccccc3)c3nc[nH]c(=O)c23)c1. The number of carbonyl (C=O) groups excluding carboxylic acids is 1. The van der Waals surface area contributed by atoms with E-state index in [-0.39, 0.29) is 11.5 Å². The number of fused-ring (bicyclic) bond motifs is 1. The van der Waals surface area contributed by atoms with E-state index in [4.69, 9.17) is 0 Å². The molecule has 2 N–H and O–H groups in total. The molecule has 0 bridgehead atoms. The van der Waals surface area contributed by atoms with Crippen LogP contribution in [-0.4, -0.2) is 46.0 Å². The molecule has 0 radical (unpaired) electrons. The zero-order valence-electron chi connectivity index (χ0n) is 16.2. The van der Waals surface area contributed by atoms with Crippen molar-refractivity contribution >= 4 is 22.6 Å². The first-order chi connectivity index (χ1) is 14.0. The minimum absolute atomic E-state index is 0.0987. The van der Waals surface area contributed by atoms with Crippen molar-refractivity contribution in [2.75, 3.05) is 26.0 Å². The zero-order chi connectivity index (χ0) is 20.4. The zero-order valence-corrected chi connectivity index (χ0v) is 16.2. The van der Waals surface area contributed by atoms with Gasteiger partial charge in [-0.2, -0.15) is 0 Å². The number of carbonyl (C=O) groups is 1. The third-order valence-corrected chi connectivity index (χ3v) is 4.54. The van der Waals surface area contributed by atoms with Gasteiger partial charge in [0.1, 0.15) is 0 Å². The summed E-state index contributed by atoms with van der Waals surface area (Å²) in [5, 5.41) is 3.40. The van der Waals surface area contributed by atoms with Crippen molar-refractivity contribution in [3.8, 4) is 16.8 Å². The first-order valence-corrected chi connectivity index (χ1v) is 9.22. The number of likely N-dealkylation sites (N-methyl/N-ethyl adjacent to an activating group) is 1. The van der Waals surface area contributed by atoms with E-state index in [1.54, 1.807) is 4.90 Å². The lowest BCUT2D eigenvalue weighted by Crippen LogP contribution is -2.27. The summed E-state index contributed by atoms with van der Waals surface area (Å²) in [7, 11) is 3.68. The van der Waals surface area contributed by atoms with Crippen molar-refractivity contribution in [2.45, 2.75) is 0 Å². The van der Waals surface area contributed by atoms with Crippen LogP contribution in [0.2, 0.25) is 0 Å². The highest BCUT2D eigenvalue weighted by molar-refractivity contribution is 5.97. The summed E-state index contributed by atoms with van der Waals surface area (Å²) < 4.78 is 1.90. The molecule has 4 rings (SSSR count). The normalized spacial score (nSPS) is 11.1. The van der Waals surface area contributed by atoms with Crippen LogP contribution in [0.5, 0.6) is 0 Å². The van der Waals surface area contributed by atoms with Crippen LogP contribution in [0.25, 0.3) is 27.8 Å². The maximum Gasteiger partial charge on any atom is 0.260 e. The van der Waals surface area contributed by atoms with Gasteiger partial charge in [-0.15, -0.1) is 0 Å². The number of hydrogen-bond acceptors (Lipinski definition) is 4. The van der Waals surface area contributed by atoms with Crippen LogP contribution >= 0.6 is 0 Å². The second-order valence-corrected chi connectivity index (χ2v) is 7.05. The fraction of sp³-hybridized carbons (Fsp3) is 0.136. The summed E-state index contributed by atoms with van der Waals surface area (Å²) >= 11 is 0. The molecule has 2 aromatic carbocycles. The number of anilines is 1. The molecule has 1 amide bonds. The molecule has 2 aromatic heterocycles. The fourth-order valence-corrected chi connectivity index (χ4v) is 3.33. The van der Waals surface area contributed by atoms with Crippen LogP contribution in [0.3, 0.4) is 0 Å². The molecule has 7 nitrogen and oxygen atoms in total. The molecule has 0 saturated heterocycles. The lowest BCUT2D eigenvalue weighted by Gasteiger charge is -2.11. The van der Waals surface area contributed by atoms with Gasteiger partial charge in [0.25, 0.3) is 5.56 Å². The summed E-state index contributed by atoms with van der Waals surface area (Å²) in [6, 6.07) is 17.2. The number of nitrogens with zero attached hydrogens (tertiary/aromatic N) is 3. The van der Waals surface area contributed by atoms with E-state index in [1.807, 2.05) is 79.5 Å². The van der Waals surface area contributed by atoms with Crippen LogP contribution < -0.4 is 10.9 Å². The Bertz CT molecular complexity index is 1220. The molecule has 0 saturated carbocycles. The molecular formula is C22H21N5O2. The van der Waals surface area contributed by atoms with Gasteiger partial charge in [-0.25, -0.2) is 4.98 Å². The maximum absolute atomic E-state index is 12.6. The molecule has 0 fully saturated rings. The summed E-state index contributed by atoms with van der Waals surface area (Å²) in [6.45, 7) is 0.293. The van der Waals surface area contributed by atoms with Crippen molar-refractivity contribution in [3.63, 3.8) is 0 Å². The molecule has 0 aliphatic heterocycles. The average Bonchev–Trinajstić information content (AvgIpc) is 3.09. The van der Waals surface area contributed by atoms with Crippen molar-refractivity contribution in [1.82, 2.24) is 19.4 Å². The Hall–Kier alpha value is -3.71. The van der Waals surface area contributed by atoms with Crippen molar-refractivity contribution < 1.29 is 4.79 Å². The summed E-state index contributed by atoms with van der Waals surface area (Å²) in [5.74, 6) is -0.0987. The molecule has 2 heterocycles. The lowest BCUT2D eigenvalue weighted by molar-refractivity contribution is -0.116. The van der Waals surface area contributed by atoms with Crippen LogP contribution in [0.4, 0.5) is 5.69 Å². The molecule has 7 heteroatoms. The van der Waals surface area contributed by atoms with Gasteiger partial charge in [-0.1, -0.05) is 30.3 Å². The van der Waals surface area contributed by atoms with Gasteiger partial charge < -0.3 is 19.8 Å². The molecule has 0 spiro atoms. The highest BCUT2D eigenvalue weighted by Gasteiger charge is 2.16. The number of rotatable bonds is 5. The van der Waals surface area contributed by atoms with E-state index < -0.39 is 0 Å². The minimum Gasteiger partial charge on any atom is -0.325 e. The van der Waals surface area contributed by atoms with Gasteiger partial charge in [0.05, 0.1) is 18.3 Å². The molecule has 4 aromatic rings. The van der Waals surface area contributed by atoms with Gasteiger partial charge in [0, 0.05) is 23.1 Å². The van der Waals surface area contributed by atoms with Crippen molar-refractivity contribution in [3.05, 3.63) is 77.5 Å². The number of para-hydroxylation sites is 1. The van der Waals surface area contributed by atoms with Crippen LogP contribution in [0.15, 0.2) is 71.9 Å². The van der Waals surface area contributed by atoms with Crippen LogP contribution in [0, 0.1) is 0 Å². The van der Waals surface area contributed by atoms with E-state index in [2.05, 4.69) is 15.3 Å². The summed E-state index contributed by atoms with van der Waals surface area (Å²) in [5.41, 5.74) is 3.54. The second kappa shape index (κ2) is 7.73. The fourth-order valence-electron chi connectivity index (χ4n) is 3.33. The Morgan fingerprint density at radius 1 is 1.14 bits per heavy atom. The van der Waals surface area contributed by atoms with Gasteiger partial charge in [0.15, 0.2) is 5.65 Å². The molecule has 29 heavy (non-hydrogen) atoms. The van der Waals surface area contributed by atoms with Gasteiger partial charge >= 0.3 is 0 Å². The highest BCUT2D eigenvalue weighted by atomic mass is 16.2. The summed E-state index contributed by atoms with van der Waals surface area (Å²) in [6.07, 6.45) is 3.31. The average molecular weight is 387 g/mol. The Morgan fingerprint density at radius 2 is 1.93 bits per heavy atom. The van der Waals surface area contributed by atoms with Crippen LogP contribution in [0.1, 0.15) is 0 Å². The van der Waals surface area contributed by atoms with E-state index >= 15 is 0 Å². The smallest absolute Gasteiger partial charge is 0.260 e. The second-order valence-electron chi connectivity index (χ2n) is 7.05. The van der Waals surface area contributed by atoms with Gasteiger partial charge in [-0.05, 0) is 43.9 Å². The number of aromatic nitrogens is 3. The number of aromatic amines is 1. The van der Waals surface area contributed by atoms with E-state index in [0.717, 1.165) is 16.8 Å². The predicted octanol–water partition coefficient (Wildman–Crippen LogP) is 2.88. The van der Waals surface area contributed by atoms with E-state index in [9.17, 15) is 9.59 Å².